The number of para-hydroxylation sites is 1. The Morgan fingerprint density at radius 1 is 1.04 bits per heavy atom. The van der Waals surface area contributed by atoms with Gasteiger partial charge in [-0.3, -0.25) is 9.20 Å². The fourth-order valence-corrected chi connectivity index (χ4v) is 3.22. The van der Waals surface area contributed by atoms with E-state index >= 15 is 0 Å². The van der Waals surface area contributed by atoms with Crippen LogP contribution in [0.3, 0.4) is 0 Å². The van der Waals surface area contributed by atoms with E-state index < -0.39 is 0 Å². The average molecular weight is 412 g/mol. The number of imidazole rings is 1. The second-order valence-corrected chi connectivity index (χ2v) is 7.00. The molecule has 0 aliphatic heterocycles. The molecule has 2 aromatic carbocycles. The summed E-state index contributed by atoms with van der Waals surface area (Å²) >= 11 is 12.2. The number of halogens is 2. The number of fused-ring (bicyclic) bond motifs is 1. The zero-order valence-electron chi connectivity index (χ0n) is 14.8. The number of ether oxygens (including phenoxy) is 1. The van der Waals surface area contributed by atoms with Gasteiger partial charge in [-0.05, 0) is 43.3 Å². The first-order chi connectivity index (χ1) is 13.5. The Kier molecular flexibility index (Phi) is 4.94. The predicted octanol–water partition coefficient (Wildman–Crippen LogP) is 5.99. The van der Waals surface area contributed by atoms with E-state index in [2.05, 4.69) is 10.3 Å². The van der Waals surface area contributed by atoms with E-state index in [0.717, 1.165) is 0 Å². The molecule has 0 aliphatic rings. The first-order valence-corrected chi connectivity index (χ1v) is 9.25. The number of benzene rings is 2. The van der Waals surface area contributed by atoms with Crippen molar-refractivity contribution in [3.05, 3.63) is 88.3 Å². The lowest BCUT2D eigenvalue weighted by atomic mass is 10.2. The minimum absolute atomic E-state index is 0.326. The van der Waals surface area contributed by atoms with Crippen LogP contribution in [0.4, 0.5) is 5.69 Å². The van der Waals surface area contributed by atoms with E-state index in [0.29, 0.717) is 44.3 Å². The molecule has 5 nitrogen and oxygen atoms in total. The van der Waals surface area contributed by atoms with Gasteiger partial charge in [-0.2, -0.15) is 0 Å². The summed E-state index contributed by atoms with van der Waals surface area (Å²) in [6, 6.07) is 17.8. The standard InChI is InChI=1S/C21H15Cl2N3O2/c1-13-20(26-10-9-15(23)12-19(26)24-13)21(27)25-17-11-14(22)7-8-18(17)28-16-5-3-2-4-6-16/h2-12H,1H3,(H,25,27). The molecule has 0 aliphatic carbocycles. The van der Waals surface area contributed by atoms with Crippen molar-refractivity contribution in [1.82, 2.24) is 9.38 Å². The topological polar surface area (TPSA) is 55.6 Å². The third-order valence-corrected chi connectivity index (χ3v) is 4.61. The zero-order valence-corrected chi connectivity index (χ0v) is 16.3. The van der Waals surface area contributed by atoms with Crippen molar-refractivity contribution in [2.24, 2.45) is 0 Å². The molecule has 0 atom stereocenters. The third-order valence-electron chi connectivity index (χ3n) is 4.14. The zero-order chi connectivity index (χ0) is 19.7. The van der Waals surface area contributed by atoms with Gasteiger partial charge < -0.3 is 10.1 Å². The van der Waals surface area contributed by atoms with Crippen LogP contribution in [0.15, 0.2) is 66.9 Å². The number of aromatic nitrogens is 2. The summed E-state index contributed by atoms with van der Waals surface area (Å²) in [4.78, 5) is 17.4. The highest BCUT2D eigenvalue weighted by Crippen LogP contribution is 2.32. The number of carbonyl (C=O) groups excluding carboxylic acids is 1. The normalized spacial score (nSPS) is 10.8. The molecule has 0 spiro atoms. The van der Waals surface area contributed by atoms with Crippen LogP contribution in [-0.4, -0.2) is 15.3 Å². The van der Waals surface area contributed by atoms with Gasteiger partial charge in [0.25, 0.3) is 5.91 Å². The summed E-state index contributed by atoms with van der Waals surface area (Å²) in [5.41, 5.74) is 2.07. The predicted molar refractivity (Wildman–Crippen MR) is 111 cm³/mol. The van der Waals surface area contributed by atoms with Crippen molar-refractivity contribution in [3.63, 3.8) is 0 Å². The van der Waals surface area contributed by atoms with Gasteiger partial charge in [-0.25, -0.2) is 4.98 Å². The number of hydrogen-bond donors (Lipinski definition) is 1. The van der Waals surface area contributed by atoms with E-state index in [-0.39, 0.29) is 5.91 Å². The summed E-state index contributed by atoms with van der Waals surface area (Å²) < 4.78 is 7.60. The van der Waals surface area contributed by atoms with E-state index in [1.807, 2.05) is 30.3 Å². The summed E-state index contributed by atoms with van der Waals surface area (Å²) in [5.74, 6) is 0.812. The monoisotopic (exact) mass is 411 g/mol. The smallest absolute Gasteiger partial charge is 0.274 e. The van der Waals surface area contributed by atoms with Crippen molar-refractivity contribution in [2.75, 3.05) is 5.32 Å². The molecule has 28 heavy (non-hydrogen) atoms. The van der Waals surface area contributed by atoms with E-state index in [1.165, 1.54) is 0 Å². The molecule has 0 saturated carbocycles. The largest absolute Gasteiger partial charge is 0.455 e. The average Bonchev–Trinajstić information content (AvgIpc) is 2.99. The van der Waals surface area contributed by atoms with Gasteiger partial charge >= 0.3 is 0 Å². The number of pyridine rings is 1. The van der Waals surface area contributed by atoms with Crippen molar-refractivity contribution in [2.45, 2.75) is 6.92 Å². The van der Waals surface area contributed by atoms with Crippen molar-refractivity contribution < 1.29 is 9.53 Å². The lowest BCUT2D eigenvalue weighted by Gasteiger charge is -2.13. The second-order valence-electron chi connectivity index (χ2n) is 6.13. The molecule has 0 radical (unpaired) electrons. The Balaban J connectivity index is 1.68. The van der Waals surface area contributed by atoms with Gasteiger partial charge in [-0.15, -0.1) is 0 Å². The molecular formula is C21H15Cl2N3O2. The molecule has 140 valence electrons. The lowest BCUT2D eigenvalue weighted by molar-refractivity contribution is 0.102. The number of amides is 1. The molecule has 4 rings (SSSR count). The van der Waals surface area contributed by atoms with Crippen LogP contribution in [-0.2, 0) is 0 Å². The number of nitrogens with one attached hydrogen (secondary N) is 1. The first-order valence-electron chi connectivity index (χ1n) is 8.49. The van der Waals surface area contributed by atoms with Crippen LogP contribution < -0.4 is 10.1 Å². The molecule has 1 N–H and O–H groups in total. The van der Waals surface area contributed by atoms with Crippen LogP contribution in [0.5, 0.6) is 11.5 Å². The Hall–Kier alpha value is -3.02. The lowest BCUT2D eigenvalue weighted by Crippen LogP contribution is -2.16. The Morgan fingerprint density at radius 2 is 1.79 bits per heavy atom. The van der Waals surface area contributed by atoms with Gasteiger partial charge in [0, 0.05) is 22.3 Å². The minimum Gasteiger partial charge on any atom is -0.455 e. The molecule has 0 saturated heterocycles. The van der Waals surface area contributed by atoms with Gasteiger partial charge in [0.15, 0.2) is 5.75 Å². The Bertz CT molecular complexity index is 1170. The molecule has 2 heterocycles. The number of anilines is 1. The second kappa shape index (κ2) is 7.54. The van der Waals surface area contributed by atoms with Crippen molar-refractivity contribution in [1.29, 1.82) is 0 Å². The van der Waals surface area contributed by atoms with Gasteiger partial charge in [0.05, 0.1) is 11.4 Å². The number of hydrogen-bond acceptors (Lipinski definition) is 3. The number of rotatable bonds is 4. The molecule has 0 bridgehead atoms. The molecule has 0 unspecified atom stereocenters. The fourth-order valence-electron chi connectivity index (χ4n) is 2.90. The van der Waals surface area contributed by atoms with Crippen LogP contribution in [0.25, 0.3) is 5.65 Å². The quantitative estimate of drug-likeness (QED) is 0.448. The minimum atomic E-state index is -0.326. The van der Waals surface area contributed by atoms with Crippen LogP contribution in [0.2, 0.25) is 10.0 Å². The highest BCUT2D eigenvalue weighted by atomic mass is 35.5. The molecule has 4 aromatic rings. The van der Waals surface area contributed by atoms with Crippen molar-refractivity contribution in [3.8, 4) is 11.5 Å². The maximum Gasteiger partial charge on any atom is 0.274 e. The summed E-state index contributed by atoms with van der Waals surface area (Å²) in [6.07, 6.45) is 1.71. The van der Waals surface area contributed by atoms with E-state index in [4.69, 9.17) is 27.9 Å². The molecular weight excluding hydrogens is 397 g/mol. The fraction of sp³-hybridized carbons (Fsp3) is 0.0476. The molecule has 2 aromatic heterocycles. The van der Waals surface area contributed by atoms with Crippen LogP contribution >= 0.6 is 23.2 Å². The highest BCUT2D eigenvalue weighted by molar-refractivity contribution is 6.31. The number of nitrogens with zero attached hydrogens (tertiary/aromatic N) is 2. The van der Waals surface area contributed by atoms with E-state index in [9.17, 15) is 4.79 Å². The number of aryl methyl sites for hydroxylation is 1. The van der Waals surface area contributed by atoms with Crippen LogP contribution in [0.1, 0.15) is 16.2 Å². The summed E-state index contributed by atoms with van der Waals surface area (Å²) in [5, 5.41) is 3.92. The SMILES string of the molecule is Cc1nc2cc(Cl)ccn2c1C(=O)Nc1cc(Cl)ccc1Oc1ccccc1. The molecule has 1 amide bonds. The summed E-state index contributed by atoms with van der Waals surface area (Å²) in [7, 11) is 0. The third kappa shape index (κ3) is 3.67. The maximum atomic E-state index is 13.0. The van der Waals surface area contributed by atoms with Gasteiger partial charge in [-0.1, -0.05) is 41.4 Å². The summed E-state index contributed by atoms with van der Waals surface area (Å²) in [6.45, 7) is 1.77. The Morgan fingerprint density at radius 3 is 2.57 bits per heavy atom. The molecule has 7 heteroatoms. The highest BCUT2D eigenvalue weighted by Gasteiger charge is 2.19. The van der Waals surface area contributed by atoms with Crippen molar-refractivity contribution >= 4 is 40.4 Å². The first kappa shape index (κ1) is 18.3. The molecule has 0 fully saturated rings. The van der Waals surface area contributed by atoms with Crippen LogP contribution in [0, 0.1) is 6.92 Å². The number of carbonyl (C=O) groups is 1. The maximum absolute atomic E-state index is 13.0. The Labute approximate surface area is 171 Å². The van der Waals surface area contributed by atoms with E-state index in [1.54, 1.807) is 47.9 Å². The van der Waals surface area contributed by atoms with Gasteiger partial charge in [0.2, 0.25) is 0 Å². The van der Waals surface area contributed by atoms with Gasteiger partial charge in [0.1, 0.15) is 17.1 Å².